The quantitative estimate of drug-likeness (QED) is 0.143. The van der Waals surface area contributed by atoms with Crippen LogP contribution in [0, 0.1) is 17.5 Å². The lowest BCUT2D eigenvalue weighted by molar-refractivity contribution is -0.870. The third kappa shape index (κ3) is 9.59. The molecule has 1 atom stereocenters. The Kier molecular flexibility index (Phi) is 13.7. The van der Waals surface area contributed by atoms with Crippen molar-refractivity contribution in [1.29, 1.82) is 0 Å². The van der Waals surface area contributed by atoms with Gasteiger partial charge in [-0.1, -0.05) is 43.3 Å². The van der Waals surface area contributed by atoms with Crippen LogP contribution in [0.1, 0.15) is 43.5 Å². The van der Waals surface area contributed by atoms with Crippen LogP contribution in [0.4, 0.5) is 13.2 Å². The number of halogens is 5. The summed E-state index contributed by atoms with van der Waals surface area (Å²) in [4.78, 5) is 15.9. The van der Waals surface area contributed by atoms with E-state index in [1.54, 1.807) is 35.0 Å². The minimum Gasteiger partial charge on any atom is -1.00 e. The zero-order valence-electron chi connectivity index (χ0n) is 29.3. The van der Waals surface area contributed by atoms with Gasteiger partial charge in [0, 0.05) is 29.5 Å². The first-order valence-electron chi connectivity index (χ1n) is 15.6. The molecular weight excluding hydrogens is 748 g/mol. The molecular formula is C35H41Cl2F3N4O5S2. The van der Waals surface area contributed by atoms with Gasteiger partial charge in [-0.25, -0.2) is 26.6 Å². The number of likely N-dealkylation sites (N-methyl/N-ethyl adjacent to an activating group) is 1. The van der Waals surface area contributed by atoms with Crippen LogP contribution in [0.5, 0.6) is 5.75 Å². The molecule has 1 heterocycles. The molecule has 9 nitrogen and oxygen atoms in total. The number of aromatic nitrogens is 2. The summed E-state index contributed by atoms with van der Waals surface area (Å²) in [5, 5.41) is 10.5. The summed E-state index contributed by atoms with van der Waals surface area (Å²) >= 11 is 7.44. The number of nitrogens with zero attached hydrogens (tertiary/aromatic N) is 4. The average Bonchev–Trinajstić information content (AvgIpc) is 3.46. The number of rotatable bonds is 15. The molecule has 51 heavy (non-hydrogen) atoms. The zero-order valence-corrected chi connectivity index (χ0v) is 32.4. The number of thioether (sulfide) groups is 1. The molecule has 4 rings (SSSR count). The van der Waals surface area contributed by atoms with Crippen molar-refractivity contribution in [3.05, 3.63) is 100 Å². The number of benzene rings is 3. The van der Waals surface area contributed by atoms with Crippen LogP contribution in [0.15, 0.2) is 70.8 Å². The smallest absolute Gasteiger partial charge is 0.322 e. The Labute approximate surface area is 312 Å². The van der Waals surface area contributed by atoms with E-state index in [1.807, 2.05) is 41.1 Å². The van der Waals surface area contributed by atoms with Gasteiger partial charge < -0.3 is 26.7 Å². The Morgan fingerprint density at radius 1 is 1.08 bits per heavy atom. The summed E-state index contributed by atoms with van der Waals surface area (Å²) in [5.74, 6) is -3.82. The molecule has 3 aromatic carbocycles. The maximum atomic E-state index is 15.5. The predicted octanol–water partition coefficient (Wildman–Crippen LogP) is 4.13. The van der Waals surface area contributed by atoms with Crippen LogP contribution < -0.4 is 17.1 Å². The first-order chi connectivity index (χ1) is 23.3. The molecule has 1 aromatic heterocycles. The average molecular weight is 790 g/mol. The summed E-state index contributed by atoms with van der Waals surface area (Å²) in [6.45, 7) is 4.50. The van der Waals surface area contributed by atoms with Crippen LogP contribution >= 0.6 is 23.4 Å². The van der Waals surface area contributed by atoms with E-state index in [9.17, 15) is 22.7 Å². The molecule has 0 fully saturated rings. The van der Waals surface area contributed by atoms with E-state index in [-0.39, 0.29) is 24.6 Å². The van der Waals surface area contributed by atoms with Gasteiger partial charge in [-0.05, 0) is 66.9 Å². The maximum Gasteiger partial charge on any atom is 0.322 e. The van der Waals surface area contributed by atoms with Crippen LogP contribution in [-0.4, -0.2) is 85.7 Å². The number of carboxylic acid groups (broad SMARTS) is 1. The van der Waals surface area contributed by atoms with E-state index < -0.39 is 55.4 Å². The third-order valence-electron chi connectivity index (χ3n) is 8.50. The van der Waals surface area contributed by atoms with Crippen LogP contribution in [0.3, 0.4) is 0 Å². The SMILES string of the molecule is COc1ccc(C(C)(C)c2cnc(SCc3c(F)cc(S(=O)(=O)N(C)[C@@H](CCC[N+](C)(C)C)C(=O)O)cc3F)n2-c2ccc(F)cc2)cc1Cl.[Cl-]. The Bertz CT molecular complexity index is 1950. The topological polar surface area (TPSA) is 102 Å². The van der Waals surface area contributed by atoms with Gasteiger partial charge in [0.05, 0.1) is 56.6 Å². The summed E-state index contributed by atoms with van der Waals surface area (Å²) < 4.78 is 80.1. The number of quaternary nitrogens is 1. The van der Waals surface area contributed by atoms with Gasteiger partial charge in [0.2, 0.25) is 10.0 Å². The molecule has 0 unspecified atom stereocenters. The lowest BCUT2D eigenvalue weighted by atomic mass is 9.81. The van der Waals surface area contributed by atoms with E-state index in [0.717, 1.165) is 24.4 Å². The monoisotopic (exact) mass is 788 g/mol. The van der Waals surface area contributed by atoms with Crippen LogP contribution in [0.2, 0.25) is 5.02 Å². The summed E-state index contributed by atoms with van der Waals surface area (Å²) in [6, 6.07) is 11.1. The highest BCUT2D eigenvalue weighted by molar-refractivity contribution is 7.98. The number of hydrogen-bond donors (Lipinski definition) is 1. The first-order valence-corrected chi connectivity index (χ1v) is 18.4. The minimum absolute atomic E-state index is 0. The first kappa shape index (κ1) is 42.1. The second-order valence-corrected chi connectivity index (χ2v) is 16.7. The van der Waals surface area contributed by atoms with E-state index in [4.69, 9.17) is 16.3 Å². The lowest BCUT2D eigenvalue weighted by Gasteiger charge is -2.28. The summed E-state index contributed by atoms with van der Waals surface area (Å²) in [6.07, 6.45) is 2.06. The van der Waals surface area contributed by atoms with E-state index >= 15 is 8.78 Å². The molecule has 0 aliphatic heterocycles. The molecule has 16 heteroatoms. The number of ether oxygens (including phenoxy) is 1. The molecule has 0 aliphatic rings. The molecule has 0 spiro atoms. The lowest BCUT2D eigenvalue weighted by Crippen LogP contribution is -3.00. The van der Waals surface area contributed by atoms with Gasteiger partial charge in [0.15, 0.2) is 5.16 Å². The third-order valence-corrected chi connectivity index (χ3v) is 11.6. The van der Waals surface area contributed by atoms with Crippen molar-refractivity contribution < 1.29 is 53.1 Å². The number of sulfonamides is 1. The highest BCUT2D eigenvalue weighted by Gasteiger charge is 2.35. The number of hydrogen-bond acceptors (Lipinski definition) is 6. The van der Waals surface area contributed by atoms with E-state index in [0.29, 0.717) is 61.2 Å². The zero-order chi connectivity index (χ0) is 37.2. The molecule has 0 saturated heterocycles. The molecule has 0 aliphatic carbocycles. The number of methoxy groups -OCH3 is 1. The fourth-order valence-electron chi connectivity index (χ4n) is 5.48. The van der Waals surface area contributed by atoms with Gasteiger partial charge in [0.25, 0.3) is 0 Å². The molecule has 0 bridgehead atoms. The predicted molar refractivity (Wildman–Crippen MR) is 188 cm³/mol. The number of carbonyl (C=O) groups is 1. The second kappa shape index (κ2) is 16.6. The van der Waals surface area contributed by atoms with E-state index in [2.05, 4.69) is 4.98 Å². The number of aliphatic carboxylic acids is 1. The minimum atomic E-state index is -4.58. The van der Waals surface area contributed by atoms with Gasteiger partial charge in [-0.15, -0.1) is 0 Å². The maximum absolute atomic E-state index is 15.5. The van der Waals surface area contributed by atoms with Crippen molar-refractivity contribution in [1.82, 2.24) is 13.9 Å². The highest BCUT2D eigenvalue weighted by atomic mass is 35.5. The molecule has 4 aromatic rings. The van der Waals surface area contributed by atoms with Gasteiger partial charge in [0.1, 0.15) is 29.2 Å². The molecule has 1 N–H and O–H groups in total. The molecule has 0 amide bonds. The van der Waals surface area contributed by atoms with Crippen molar-refractivity contribution in [3.8, 4) is 11.4 Å². The Morgan fingerprint density at radius 2 is 1.69 bits per heavy atom. The van der Waals surface area contributed by atoms with Crippen molar-refractivity contribution in [3.63, 3.8) is 0 Å². The number of carboxylic acids is 1. The number of imidazole rings is 1. The van der Waals surface area contributed by atoms with Crippen LogP contribution in [0.25, 0.3) is 5.69 Å². The van der Waals surface area contributed by atoms with Crippen LogP contribution in [-0.2, 0) is 26.0 Å². The fraction of sp³-hybridized carbons (Fsp3) is 0.371. The van der Waals surface area contributed by atoms with E-state index in [1.165, 1.54) is 19.2 Å². The Hall–Kier alpha value is -3.27. The summed E-state index contributed by atoms with van der Waals surface area (Å²) in [5.41, 5.74) is 0.932. The van der Waals surface area contributed by atoms with Gasteiger partial charge in [-0.2, -0.15) is 4.31 Å². The van der Waals surface area contributed by atoms with Crippen molar-refractivity contribution >= 4 is 39.4 Å². The normalized spacial score (nSPS) is 12.9. The van der Waals surface area contributed by atoms with Crippen molar-refractivity contribution in [2.75, 3.05) is 41.8 Å². The van der Waals surface area contributed by atoms with Crippen molar-refractivity contribution in [2.24, 2.45) is 0 Å². The largest absolute Gasteiger partial charge is 1.00 e. The second-order valence-electron chi connectivity index (χ2n) is 13.4. The molecule has 278 valence electrons. The van der Waals surface area contributed by atoms with Gasteiger partial charge >= 0.3 is 5.97 Å². The Balaban J connectivity index is 0.00000702. The fourth-order valence-corrected chi connectivity index (χ4v) is 8.11. The summed E-state index contributed by atoms with van der Waals surface area (Å²) in [7, 11) is 3.81. The standard InChI is InChI=1S/C35H40ClF3N4O5S2.ClH/c1-35(2,22-10-15-31(48-7)27(36)17-22)32-20-40-34(42(32)24-13-11-23(37)12-14-24)49-21-26-28(38)18-25(19-29(26)39)50(46,47)41(3)30(33(44)45)9-8-16-43(4,5)6;/h10-15,17-20,30H,8-9,16,21H2,1-7H3;1H/t30-;/m0./s1. The molecule has 0 radical (unpaired) electrons. The van der Waals surface area contributed by atoms with Crippen molar-refractivity contribution in [2.45, 2.75) is 54.0 Å². The van der Waals surface area contributed by atoms with Gasteiger partial charge in [-0.3, -0.25) is 9.36 Å². The Morgan fingerprint density at radius 3 is 2.22 bits per heavy atom. The highest BCUT2D eigenvalue weighted by Crippen LogP contribution is 2.39. The molecule has 0 saturated carbocycles.